The molecular formula is C21H35N3O2. The Hall–Kier alpha value is -1.36. The predicted octanol–water partition coefficient (Wildman–Crippen LogP) is 4.13. The van der Waals surface area contributed by atoms with Gasteiger partial charge in [-0.3, -0.25) is 9.89 Å². The third-order valence-corrected chi connectivity index (χ3v) is 6.49. The molecule has 0 spiro atoms. The maximum atomic E-state index is 12.5. The minimum Gasteiger partial charge on any atom is -0.376 e. The second-order valence-electron chi connectivity index (χ2n) is 8.38. The van der Waals surface area contributed by atoms with Gasteiger partial charge < -0.3 is 9.64 Å². The molecule has 146 valence electrons. The molecule has 1 saturated carbocycles. The number of aromatic amines is 1. The number of rotatable bonds is 6. The van der Waals surface area contributed by atoms with Gasteiger partial charge in [-0.25, -0.2) is 0 Å². The summed E-state index contributed by atoms with van der Waals surface area (Å²) in [5.74, 6) is 2.16. The van der Waals surface area contributed by atoms with E-state index >= 15 is 0 Å². The maximum Gasteiger partial charge on any atom is 0.222 e. The van der Waals surface area contributed by atoms with Crippen molar-refractivity contribution in [2.24, 2.45) is 11.8 Å². The molecule has 1 aliphatic heterocycles. The summed E-state index contributed by atoms with van der Waals surface area (Å²) in [4.78, 5) is 14.6. The third kappa shape index (κ3) is 4.48. The van der Waals surface area contributed by atoms with Gasteiger partial charge in [0.25, 0.3) is 0 Å². The van der Waals surface area contributed by atoms with Gasteiger partial charge in [0, 0.05) is 30.8 Å². The third-order valence-electron chi connectivity index (χ3n) is 6.49. The number of likely N-dealkylation sites (tertiary alicyclic amines) is 1. The molecule has 1 aromatic heterocycles. The fraction of sp³-hybridized carbons (Fsp3) is 0.810. The Balaban J connectivity index is 1.63. The molecule has 2 heterocycles. The molecule has 3 rings (SSSR count). The van der Waals surface area contributed by atoms with E-state index in [2.05, 4.69) is 28.9 Å². The Kier molecular flexibility index (Phi) is 6.74. The minimum atomic E-state index is 0.125. The normalized spacial score (nSPS) is 29.9. The van der Waals surface area contributed by atoms with Crippen molar-refractivity contribution < 1.29 is 9.53 Å². The highest BCUT2D eigenvalue weighted by atomic mass is 16.5. The van der Waals surface area contributed by atoms with Crippen molar-refractivity contribution in [1.82, 2.24) is 15.1 Å². The maximum absolute atomic E-state index is 12.5. The molecule has 1 saturated heterocycles. The van der Waals surface area contributed by atoms with Crippen LogP contribution in [-0.2, 0) is 9.53 Å². The number of H-pyrrole nitrogens is 1. The lowest BCUT2D eigenvalue weighted by Gasteiger charge is -2.42. The van der Waals surface area contributed by atoms with Crippen LogP contribution < -0.4 is 0 Å². The largest absolute Gasteiger partial charge is 0.376 e. The lowest BCUT2D eigenvalue weighted by Crippen LogP contribution is -2.50. The summed E-state index contributed by atoms with van der Waals surface area (Å²) in [6.07, 6.45) is 9.72. The van der Waals surface area contributed by atoms with Gasteiger partial charge in [0.2, 0.25) is 5.91 Å². The summed E-state index contributed by atoms with van der Waals surface area (Å²) >= 11 is 0. The average molecular weight is 362 g/mol. The van der Waals surface area contributed by atoms with Gasteiger partial charge in [-0.05, 0) is 56.4 Å². The molecule has 0 unspecified atom stereocenters. The van der Waals surface area contributed by atoms with Crippen molar-refractivity contribution in [3.63, 3.8) is 0 Å². The van der Waals surface area contributed by atoms with Crippen molar-refractivity contribution in [2.75, 3.05) is 13.2 Å². The van der Waals surface area contributed by atoms with Crippen molar-refractivity contribution in [3.8, 4) is 0 Å². The van der Waals surface area contributed by atoms with Gasteiger partial charge in [0.1, 0.15) is 0 Å². The van der Waals surface area contributed by atoms with Crippen LogP contribution in [0, 0.1) is 11.8 Å². The van der Waals surface area contributed by atoms with Crippen LogP contribution in [0.3, 0.4) is 0 Å². The molecule has 5 heteroatoms. The zero-order valence-electron chi connectivity index (χ0n) is 16.6. The smallest absolute Gasteiger partial charge is 0.222 e. The van der Waals surface area contributed by atoms with Crippen molar-refractivity contribution in [3.05, 3.63) is 18.0 Å². The Morgan fingerprint density at radius 3 is 2.69 bits per heavy atom. The molecule has 1 aromatic rings. The van der Waals surface area contributed by atoms with Crippen LogP contribution in [0.4, 0.5) is 0 Å². The predicted molar refractivity (Wildman–Crippen MR) is 103 cm³/mol. The highest BCUT2D eigenvalue weighted by molar-refractivity contribution is 5.76. The first kappa shape index (κ1) is 19.4. The van der Waals surface area contributed by atoms with Crippen LogP contribution in [0.1, 0.15) is 77.3 Å². The van der Waals surface area contributed by atoms with E-state index in [1.165, 1.54) is 12.8 Å². The molecule has 1 amide bonds. The number of nitrogens with one attached hydrogen (secondary N) is 1. The fourth-order valence-electron chi connectivity index (χ4n) is 4.77. The first-order chi connectivity index (χ1) is 12.6. The molecular weight excluding hydrogens is 326 g/mol. The van der Waals surface area contributed by atoms with E-state index in [9.17, 15) is 4.79 Å². The summed E-state index contributed by atoms with van der Waals surface area (Å²) in [6, 6.07) is 2.17. The second kappa shape index (κ2) is 9.03. The van der Waals surface area contributed by atoms with Crippen LogP contribution >= 0.6 is 0 Å². The SMILES string of the molecule is CCC(=O)N1CCC[C@H](c2ccn[nH]2)[C@@H]1COC1CCC(C(C)C)CC1. The van der Waals surface area contributed by atoms with Crippen LogP contribution in [0.25, 0.3) is 0 Å². The number of amides is 1. The molecule has 0 aromatic carbocycles. The number of piperidine rings is 1. The van der Waals surface area contributed by atoms with Gasteiger partial charge in [0.05, 0.1) is 18.8 Å². The van der Waals surface area contributed by atoms with Crippen molar-refractivity contribution in [2.45, 2.75) is 83.8 Å². The van der Waals surface area contributed by atoms with E-state index in [0.717, 1.165) is 49.8 Å². The average Bonchev–Trinajstić information content (AvgIpc) is 3.20. The van der Waals surface area contributed by atoms with Crippen LogP contribution in [0.2, 0.25) is 0 Å². The fourth-order valence-corrected chi connectivity index (χ4v) is 4.77. The van der Waals surface area contributed by atoms with Crippen molar-refractivity contribution >= 4 is 5.91 Å². The van der Waals surface area contributed by atoms with Crippen LogP contribution in [0.15, 0.2) is 12.3 Å². The van der Waals surface area contributed by atoms with E-state index in [0.29, 0.717) is 25.0 Å². The number of carbonyl (C=O) groups excluding carboxylic acids is 1. The first-order valence-corrected chi connectivity index (χ1v) is 10.5. The molecule has 2 atom stereocenters. The summed E-state index contributed by atoms with van der Waals surface area (Å²) in [5, 5.41) is 7.25. The molecule has 26 heavy (non-hydrogen) atoms. The number of carbonyl (C=O) groups is 1. The first-order valence-electron chi connectivity index (χ1n) is 10.5. The monoisotopic (exact) mass is 361 g/mol. The van der Waals surface area contributed by atoms with E-state index in [-0.39, 0.29) is 11.9 Å². The molecule has 1 aliphatic carbocycles. The number of aromatic nitrogens is 2. The van der Waals surface area contributed by atoms with Crippen molar-refractivity contribution in [1.29, 1.82) is 0 Å². The molecule has 0 bridgehead atoms. The standard InChI is InChI=1S/C21H35N3O2/c1-4-21(25)24-13-5-6-18(19-11-12-22-23-19)20(24)14-26-17-9-7-16(8-10-17)15(2)3/h11-12,15-18,20H,4-10,13-14H2,1-3H3,(H,22,23)/t16?,17?,18-,20+/m1/s1. The number of nitrogens with zero attached hydrogens (tertiary/aromatic N) is 2. The van der Waals surface area contributed by atoms with Gasteiger partial charge in [0.15, 0.2) is 0 Å². The topological polar surface area (TPSA) is 58.2 Å². The lowest BCUT2D eigenvalue weighted by molar-refractivity contribution is -0.138. The van der Waals surface area contributed by atoms with E-state index in [1.54, 1.807) is 6.20 Å². The zero-order valence-corrected chi connectivity index (χ0v) is 16.6. The minimum absolute atomic E-state index is 0.125. The molecule has 2 fully saturated rings. The molecule has 1 N–H and O–H groups in total. The highest BCUT2D eigenvalue weighted by Crippen LogP contribution is 2.35. The summed E-state index contributed by atoms with van der Waals surface area (Å²) in [7, 11) is 0. The van der Waals surface area contributed by atoms with Gasteiger partial charge in [-0.2, -0.15) is 5.10 Å². The number of hydrogen-bond donors (Lipinski definition) is 1. The molecule has 0 radical (unpaired) electrons. The molecule has 2 aliphatic rings. The quantitative estimate of drug-likeness (QED) is 0.829. The Bertz CT molecular complexity index is 550. The Morgan fingerprint density at radius 1 is 1.31 bits per heavy atom. The summed E-state index contributed by atoms with van der Waals surface area (Å²) in [6.45, 7) is 8.11. The van der Waals surface area contributed by atoms with Crippen LogP contribution in [0.5, 0.6) is 0 Å². The van der Waals surface area contributed by atoms with Gasteiger partial charge in [-0.1, -0.05) is 20.8 Å². The summed E-state index contributed by atoms with van der Waals surface area (Å²) in [5.41, 5.74) is 1.13. The van der Waals surface area contributed by atoms with E-state index < -0.39 is 0 Å². The zero-order chi connectivity index (χ0) is 18.5. The van der Waals surface area contributed by atoms with Crippen LogP contribution in [-0.4, -0.2) is 46.3 Å². The highest BCUT2D eigenvalue weighted by Gasteiger charge is 2.36. The Labute approximate surface area is 157 Å². The Morgan fingerprint density at radius 2 is 2.08 bits per heavy atom. The summed E-state index contributed by atoms with van der Waals surface area (Å²) < 4.78 is 6.38. The molecule has 5 nitrogen and oxygen atoms in total. The van der Waals surface area contributed by atoms with Gasteiger partial charge in [-0.15, -0.1) is 0 Å². The number of ether oxygens (including phenoxy) is 1. The van der Waals surface area contributed by atoms with E-state index in [1.807, 2.05) is 13.0 Å². The lowest BCUT2D eigenvalue weighted by atomic mass is 9.80. The second-order valence-corrected chi connectivity index (χ2v) is 8.38. The van der Waals surface area contributed by atoms with Gasteiger partial charge >= 0.3 is 0 Å². The van der Waals surface area contributed by atoms with E-state index in [4.69, 9.17) is 4.74 Å². The number of hydrogen-bond acceptors (Lipinski definition) is 3.